The molecular weight excluding hydrogens is 233 g/mol. The number of benzene rings is 1. The van der Waals surface area contributed by atoms with E-state index in [1.165, 1.54) is 13.2 Å². The second-order valence-corrected chi connectivity index (χ2v) is 3.83. The van der Waals surface area contributed by atoms with Gasteiger partial charge in [0.15, 0.2) is 11.6 Å². The summed E-state index contributed by atoms with van der Waals surface area (Å²) in [4.78, 5) is 8.12. The number of halogens is 1. The molecule has 94 valence electrons. The molecule has 0 aliphatic heterocycles. The maximum atomic E-state index is 13.6. The van der Waals surface area contributed by atoms with Crippen LogP contribution >= 0.6 is 0 Å². The van der Waals surface area contributed by atoms with E-state index in [0.29, 0.717) is 5.95 Å². The lowest BCUT2D eigenvalue weighted by Crippen LogP contribution is -2.09. The number of anilines is 1. The molecule has 18 heavy (non-hydrogen) atoms. The maximum absolute atomic E-state index is 13.6. The van der Waals surface area contributed by atoms with Crippen molar-refractivity contribution in [2.45, 2.75) is 13.0 Å². The van der Waals surface area contributed by atoms with Gasteiger partial charge in [-0.3, -0.25) is 0 Å². The van der Waals surface area contributed by atoms with E-state index in [1.807, 2.05) is 13.0 Å². The molecule has 2 rings (SSSR count). The van der Waals surface area contributed by atoms with Crippen LogP contribution in [0.1, 0.15) is 18.5 Å². The molecule has 0 saturated heterocycles. The molecule has 0 radical (unpaired) electrons. The fourth-order valence-electron chi connectivity index (χ4n) is 1.60. The third-order valence-corrected chi connectivity index (χ3v) is 2.59. The second kappa shape index (κ2) is 5.44. The average Bonchev–Trinajstić information content (AvgIpc) is 2.39. The third kappa shape index (κ3) is 2.74. The van der Waals surface area contributed by atoms with Gasteiger partial charge in [-0.05, 0) is 30.7 Å². The van der Waals surface area contributed by atoms with Crippen molar-refractivity contribution < 1.29 is 9.13 Å². The van der Waals surface area contributed by atoms with Gasteiger partial charge in [-0.2, -0.15) is 0 Å². The zero-order chi connectivity index (χ0) is 13.0. The number of hydrogen-bond donors (Lipinski definition) is 1. The van der Waals surface area contributed by atoms with Crippen molar-refractivity contribution in [2.24, 2.45) is 0 Å². The Balaban J connectivity index is 2.14. The summed E-state index contributed by atoms with van der Waals surface area (Å²) < 4.78 is 18.4. The molecule has 0 aliphatic rings. The minimum Gasteiger partial charge on any atom is -0.494 e. The van der Waals surface area contributed by atoms with Gasteiger partial charge in [0.1, 0.15) is 0 Å². The van der Waals surface area contributed by atoms with Crippen LogP contribution in [0.3, 0.4) is 0 Å². The number of methoxy groups -OCH3 is 1. The summed E-state index contributed by atoms with van der Waals surface area (Å²) >= 11 is 0. The molecule has 4 nitrogen and oxygen atoms in total. The SMILES string of the molecule is COc1ccc([C@H](C)Nc2ncccn2)cc1F. The third-order valence-electron chi connectivity index (χ3n) is 2.59. The van der Waals surface area contributed by atoms with Crippen molar-refractivity contribution in [1.29, 1.82) is 0 Å². The number of nitrogens with zero attached hydrogens (tertiary/aromatic N) is 2. The fraction of sp³-hybridized carbons (Fsp3) is 0.231. The Morgan fingerprint density at radius 3 is 2.61 bits per heavy atom. The molecule has 0 bridgehead atoms. The van der Waals surface area contributed by atoms with Crippen LogP contribution in [-0.2, 0) is 0 Å². The van der Waals surface area contributed by atoms with Gasteiger partial charge in [-0.25, -0.2) is 14.4 Å². The molecule has 0 aliphatic carbocycles. The van der Waals surface area contributed by atoms with Gasteiger partial charge < -0.3 is 10.1 Å². The Morgan fingerprint density at radius 1 is 1.28 bits per heavy atom. The van der Waals surface area contributed by atoms with Crippen LogP contribution in [-0.4, -0.2) is 17.1 Å². The van der Waals surface area contributed by atoms with Crippen LogP contribution < -0.4 is 10.1 Å². The van der Waals surface area contributed by atoms with Crippen LogP contribution in [0.4, 0.5) is 10.3 Å². The van der Waals surface area contributed by atoms with Crippen LogP contribution in [0.25, 0.3) is 0 Å². The molecule has 1 aromatic carbocycles. The lowest BCUT2D eigenvalue weighted by molar-refractivity contribution is 0.386. The molecular formula is C13H14FN3O. The minimum absolute atomic E-state index is 0.0900. The molecule has 0 saturated carbocycles. The highest BCUT2D eigenvalue weighted by Gasteiger charge is 2.10. The van der Waals surface area contributed by atoms with Crippen molar-refractivity contribution >= 4 is 5.95 Å². The van der Waals surface area contributed by atoms with Crippen molar-refractivity contribution in [3.63, 3.8) is 0 Å². The van der Waals surface area contributed by atoms with Gasteiger partial charge in [-0.1, -0.05) is 6.07 Å². The highest BCUT2D eigenvalue weighted by Crippen LogP contribution is 2.23. The van der Waals surface area contributed by atoms with Crippen molar-refractivity contribution in [1.82, 2.24) is 9.97 Å². The molecule has 1 N–H and O–H groups in total. The van der Waals surface area contributed by atoms with E-state index in [1.54, 1.807) is 24.5 Å². The summed E-state index contributed by atoms with van der Waals surface area (Å²) in [5, 5.41) is 3.09. The van der Waals surface area contributed by atoms with E-state index in [9.17, 15) is 4.39 Å². The Labute approximate surface area is 105 Å². The number of aromatic nitrogens is 2. The maximum Gasteiger partial charge on any atom is 0.223 e. The van der Waals surface area contributed by atoms with E-state index in [0.717, 1.165) is 5.56 Å². The molecule has 0 fully saturated rings. The molecule has 1 heterocycles. The summed E-state index contributed by atoms with van der Waals surface area (Å²) in [6.07, 6.45) is 3.30. The number of ether oxygens (including phenoxy) is 1. The first kappa shape index (κ1) is 12.3. The average molecular weight is 247 g/mol. The molecule has 1 aromatic heterocycles. The Bertz CT molecular complexity index is 519. The van der Waals surface area contributed by atoms with E-state index in [-0.39, 0.29) is 17.6 Å². The predicted octanol–water partition coefficient (Wildman–Crippen LogP) is 2.80. The van der Waals surface area contributed by atoms with Crippen LogP contribution in [0.5, 0.6) is 5.75 Å². The zero-order valence-corrected chi connectivity index (χ0v) is 10.2. The fourth-order valence-corrected chi connectivity index (χ4v) is 1.60. The topological polar surface area (TPSA) is 47.0 Å². The van der Waals surface area contributed by atoms with Gasteiger partial charge in [0.05, 0.1) is 13.2 Å². The summed E-state index contributed by atoms with van der Waals surface area (Å²) in [6, 6.07) is 6.51. The van der Waals surface area contributed by atoms with E-state index in [4.69, 9.17) is 4.74 Å². The first-order valence-electron chi connectivity index (χ1n) is 5.57. The Morgan fingerprint density at radius 2 is 2.00 bits per heavy atom. The Hall–Kier alpha value is -2.17. The molecule has 1 atom stereocenters. The first-order valence-corrected chi connectivity index (χ1v) is 5.57. The molecule has 2 aromatic rings. The van der Waals surface area contributed by atoms with Crippen LogP contribution in [0.15, 0.2) is 36.7 Å². The minimum atomic E-state index is -0.377. The normalized spacial score (nSPS) is 11.9. The molecule has 0 spiro atoms. The quantitative estimate of drug-likeness (QED) is 0.902. The second-order valence-electron chi connectivity index (χ2n) is 3.83. The van der Waals surface area contributed by atoms with Crippen molar-refractivity contribution in [2.75, 3.05) is 12.4 Å². The largest absolute Gasteiger partial charge is 0.494 e. The van der Waals surface area contributed by atoms with Gasteiger partial charge in [-0.15, -0.1) is 0 Å². The van der Waals surface area contributed by atoms with E-state index < -0.39 is 0 Å². The van der Waals surface area contributed by atoms with Crippen LogP contribution in [0.2, 0.25) is 0 Å². The lowest BCUT2D eigenvalue weighted by Gasteiger charge is -2.14. The van der Waals surface area contributed by atoms with E-state index in [2.05, 4.69) is 15.3 Å². The monoisotopic (exact) mass is 247 g/mol. The highest BCUT2D eigenvalue weighted by atomic mass is 19.1. The van der Waals surface area contributed by atoms with Crippen LogP contribution in [0, 0.1) is 5.82 Å². The smallest absolute Gasteiger partial charge is 0.223 e. The van der Waals surface area contributed by atoms with E-state index >= 15 is 0 Å². The summed E-state index contributed by atoms with van der Waals surface area (Å²) in [7, 11) is 1.44. The highest BCUT2D eigenvalue weighted by molar-refractivity contribution is 5.35. The van der Waals surface area contributed by atoms with Gasteiger partial charge in [0, 0.05) is 12.4 Å². The summed E-state index contributed by atoms with van der Waals surface area (Å²) in [5.41, 5.74) is 0.806. The van der Waals surface area contributed by atoms with Gasteiger partial charge >= 0.3 is 0 Å². The molecule has 0 amide bonds. The molecule has 5 heteroatoms. The van der Waals surface area contributed by atoms with Crippen molar-refractivity contribution in [3.8, 4) is 5.75 Å². The standard InChI is InChI=1S/C13H14FN3O/c1-9(17-13-15-6-3-7-16-13)10-4-5-12(18-2)11(14)8-10/h3-9H,1-2H3,(H,15,16,17)/t9-/m0/s1. The number of hydrogen-bond acceptors (Lipinski definition) is 4. The molecule has 0 unspecified atom stereocenters. The Kier molecular flexibility index (Phi) is 3.72. The first-order chi connectivity index (χ1) is 8.70. The van der Waals surface area contributed by atoms with Gasteiger partial charge in [0.25, 0.3) is 0 Å². The zero-order valence-electron chi connectivity index (χ0n) is 10.2. The predicted molar refractivity (Wildman–Crippen MR) is 67.0 cm³/mol. The number of rotatable bonds is 4. The van der Waals surface area contributed by atoms with Crippen molar-refractivity contribution in [3.05, 3.63) is 48.0 Å². The number of nitrogens with one attached hydrogen (secondary N) is 1. The summed E-state index contributed by atoms with van der Waals surface area (Å²) in [5.74, 6) is 0.376. The summed E-state index contributed by atoms with van der Waals surface area (Å²) in [6.45, 7) is 1.91. The van der Waals surface area contributed by atoms with Gasteiger partial charge in [0.2, 0.25) is 5.95 Å². The lowest BCUT2D eigenvalue weighted by atomic mass is 10.1.